The minimum absolute atomic E-state index is 0.192. The van der Waals surface area contributed by atoms with Crippen molar-refractivity contribution in [2.45, 2.75) is 51.2 Å². The van der Waals surface area contributed by atoms with E-state index >= 15 is 0 Å². The molecule has 1 aromatic rings. The van der Waals surface area contributed by atoms with E-state index in [0.29, 0.717) is 12.0 Å². The number of rotatable bonds is 4. The van der Waals surface area contributed by atoms with Crippen LogP contribution in [-0.4, -0.2) is 6.10 Å². The number of hydrogen-bond donors (Lipinski definition) is 1. The van der Waals surface area contributed by atoms with E-state index in [9.17, 15) is 0 Å². The van der Waals surface area contributed by atoms with Crippen molar-refractivity contribution in [3.63, 3.8) is 0 Å². The van der Waals surface area contributed by atoms with Crippen LogP contribution < -0.4 is 10.5 Å². The maximum absolute atomic E-state index is 6.41. The first-order chi connectivity index (χ1) is 8.74. The molecule has 0 aromatic heterocycles. The predicted molar refractivity (Wildman–Crippen MR) is 73.5 cm³/mol. The van der Waals surface area contributed by atoms with Gasteiger partial charge < -0.3 is 10.5 Å². The van der Waals surface area contributed by atoms with Gasteiger partial charge in [0.2, 0.25) is 0 Å². The van der Waals surface area contributed by atoms with E-state index in [0.717, 1.165) is 11.7 Å². The van der Waals surface area contributed by atoms with Crippen molar-refractivity contribution in [2.24, 2.45) is 17.6 Å². The number of benzene rings is 1. The third-order valence-electron chi connectivity index (χ3n) is 4.48. The molecule has 0 bridgehead atoms. The Kier molecular flexibility index (Phi) is 3.29. The van der Waals surface area contributed by atoms with E-state index < -0.39 is 0 Å². The maximum atomic E-state index is 6.41. The summed E-state index contributed by atoms with van der Waals surface area (Å²) in [5.41, 5.74) is 7.67. The monoisotopic (exact) mass is 245 g/mol. The van der Waals surface area contributed by atoms with Gasteiger partial charge in [-0.05, 0) is 48.8 Å². The predicted octanol–water partition coefficient (Wildman–Crippen LogP) is 3.66. The normalized spacial score (nSPS) is 29.2. The Balaban J connectivity index is 1.67. The molecule has 2 fully saturated rings. The molecule has 3 atom stereocenters. The van der Waals surface area contributed by atoms with Crippen molar-refractivity contribution in [2.75, 3.05) is 0 Å². The molecule has 0 aliphatic heterocycles. The van der Waals surface area contributed by atoms with Crippen molar-refractivity contribution in [3.05, 3.63) is 29.8 Å². The molecule has 2 N–H and O–H groups in total. The number of hydrogen-bond acceptors (Lipinski definition) is 2. The van der Waals surface area contributed by atoms with Crippen LogP contribution in [0.2, 0.25) is 0 Å². The summed E-state index contributed by atoms with van der Waals surface area (Å²) in [6.07, 6.45) is 6.84. The number of ether oxygens (including phenoxy) is 1. The highest BCUT2D eigenvalue weighted by atomic mass is 16.5. The van der Waals surface area contributed by atoms with Crippen LogP contribution in [0, 0.1) is 11.8 Å². The van der Waals surface area contributed by atoms with Gasteiger partial charge >= 0.3 is 0 Å². The zero-order chi connectivity index (χ0) is 12.5. The molecule has 2 nitrogen and oxygen atoms in total. The molecule has 3 unspecified atom stereocenters. The van der Waals surface area contributed by atoms with Gasteiger partial charge in [-0.2, -0.15) is 0 Å². The molecule has 0 saturated heterocycles. The van der Waals surface area contributed by atoms with Crippen LogP contribution in [0.25, 0.3) is 0 Å². The van der Waals surface area contributed by atoms with Gasteiger partial charge in [0.1, 0.15) is 5.75 Å². The van der Waals surface area contributed by atoms with Gasteiger partial charge in [-0.1, -0.05) is 31.9 Å². The van der Waals surface area contributed by atoms with Gasteiger partial charge in [0.05, 0.1) is 6.10 Å². The fraction of sp³-hybridized carbons (Fsp3) is 0.625. The van der Waals surface area contributed by atoms with Crippen molar-refractivity contribution >= 4 is 0 Å². The lowest BCUT2D eigenvalue weighted by atomic mass is 9.86. The van der Waals surface area contributed by atoms with E-state index in [1.54, 1.807) is 0 Å². The van der Waals surface area contributed by atoms with E-state index in [1.807, 2.05) is 0 Å². The van der Waals surface area contributed by atoms with Gasteiger partial charge in [-0.3, -0.25) is 0 Å². The summed E-state index contributed by atoms with van der Waals surface area (Å²) in [6, 6.07) is 8.64. The zero-order valence-electron chi connectivity index (χ0n) is 11.1. The number of nitrogens with two attached hydrogens (primary N) is 1. The van der Waals surface area contributed by atoms with E-state index in [2.05, 4.69) is 31.2 Å². The molecule has 0 radical (unpaired) electrons. The van der Waals surface area contributed by atoms with Crippen molar-refractivity contribution in [1.82, 2.24) is 0 Å². The van der Waals surface area contributed by atoms with Crippen LogP contribution in [0.5, 0.6) is 5.75 Å². The molecule has 18 heavy (non-hydrogen) atoms. The van der Waals surface area contributed by atoms with Gasteiger partial charge in [0.15, 0.2) is 0 Å². The molecule has 0 heterocycles. The molecular weight excluding hydrogens is 222 g/mol. The zero-order valence-corrected chi connectivity index (χ0v) is 11.1. The summed E-state index contributed by atoms with van der Waals surface area (Å²) in [7, 11) is 0. The molecule has 0 amide bonds. The quantitative estimate of drug-likeness (QED) is 0.878. The molecule has 2 saturated carbocycles. The fourth-order valence-corrected chi connectivity index (χ4v) is 3.10. The van der Waals surface area contributed by atoms with E-state index in [-0.39, 0.29) is 6.04 Å². The van der Waals surface area contributed by atoms with Crippen LogP contribution in [0.3, 0.4) is 0 Å². The highest BCUT2D eigenvalue weighted by Gasteiger charge is 2.29. The van der Waals surface area contributed by atoms with Crippen LogP contribution in [0.15, 0.2) is 24.3 Å². The Hall–Kier alpha value is -1.02. The third kappa shape index (κ3) is 2.54. The van der Waals surface area contributed by atoms with Crippen molar-refractivity contribution < 1.29 is 4.74 Å². The SMILES string of the molecule is CC1CCCC1C(N)c1ccc(OC2CC2)cc1. The molecule has 3 rings (SSSR count). The second kappa shape index (κ2) is 4.93. The van der Waals surface area contributed by atoms with Gasteiger partial charge in [0.25, 0.3) is 0 Å². The Labute approximate surface area is 110 Å². The highest BCUT2D eigenvalue weighted by molar-refractivity contribution is 5.30. The second-order valence-corrected chi connectivity index (χ2v) is 5.98. The molecule has 2 aliphatic carbocycles. The van der Waals surface area contributed by atoms with E-state index in [4.69, 9.17) is 10.5 Å². The third-order valence-corrected chi connectivity index (χ3v) is 4.48. The van der Waals surface area contributed by atoms with Gasteiger partial charge in [-0.15, -0.1) is 0 Å². The minimum atomic E-state index is 0.192. The fourth-order valence-electron chi connectivity index (χ4n) is 3.10. The summed E-state index contributed by atoms with van der Waals surface area (Å²) in [5.74, 6) is 2.41. The van der Waals surface area contributed by atoms with Crippen LogP contribution in [0.4, 0.5) is 0 Å². The average Bonchev–Trinajstić information content (AvgIpc) is 3.09. The van der Waals surface area contributed by atoms with Gasteiger partial charge in [0, 0.05) is 6.04 Å². The van der Waals surface area contributed by atoms with Crippen LogP contribution in [-0.2, 0) is 0 Å². The van der Waals surface area contributed by atoms with Crippen LogP contribution >= 0.6 is 0 Å². The lowest BCUT2D eigenvalue weighted by Crippen LogP contribution is -2.23. The average molecular weight is 245 g/mol. The Morgan fingerprint density at radius 1 is 1.11 bits per heavy atom. The summed E-state index contributed by atoms with van der Waals surface area (Å²) >= 11 is 0. The maximum Gasteiger partial charge on any atom is 0.119 e. The lowest BCUT2D eigenvalue weighted by Gasteiger charge is -2.23. The summed E-state index contributed by atoms with van der Waals surface area (Å²) in [4.78, 5) is 0. The standard InChI is InChI=1S/C16H23NO/c1-11-3-2-4-15(11)16(17)12-5-7-13(8-6-12)18-14-9-10-14/h5-8,11,14-16H,2-4,9-10,17H2,1H3. The molecular formula is C16H23NO. The first-order valence-corrected chi connectivity index (χ1v) is 7.26. The lowest BCUT2D eigenvalue weighted by molar-refractivity contribution is 0.302. The van der Waals surface area contributed by atoms with Gasteiger partial charge in [-0.25, -0.2) is 0 Å². The molecule has 2 heteroatoms. The first kappa shape index (κ1) is 12.0. The largest absolute Gasteiger partial charge is 0.490 e. The highest BCUT2D eigenvalue weighted by Crippen LogP contribution is 2.39. The summed E-state index contributed by atoms with van der Waals surface area (Å²) in [5, 5.41) is 0. The Morgan fingerprint density at radius 2 is 1.83 bits per heavy atom. The van der Waals surface area contributed by atoms with Crippen molar-refractivity contribution in [1.29, 1.82) is 0 Å². The van der Waals surface area contributed by atoms with Crippen molar-refractivity contribution in [3.8, 4) is 5.75 Å². The Bertz CT molecular complexity index is 396. The van der Waals surface area contributed by atoms with E-state index in [1.165, 1.54) is 37.7 Å². The molecule has 0 spiro atoms. The summed E-state index contributed by atoms with van der Waals surface area (Å²) < 4.78 is 5.77. The molecule has 1 aromatic carbocycles. The Morgan fingerprint density at radius 3 is 2.39 bits per heavy atom. The molecule has 2 aliphatic rings. The minimum Gasteiger partial charge on any atom is -0.490 e. The topological polar surface area (TPSA) is 35.2 Å². The molecule has 98 valence electrons. The summed E-state index contributed by atoms with van der Waals surface area (Å²) in [6.45, 7) is 2.34. The first-order valence-electron chi connectivity index (χ1n) is 7.26. The second-order valence-electron chi connectivity index (χ2n) is 5.98. The van der Waals surface area contributed by atoms with Crippen LogP contribution in [0.1, 0.15) is 50.6 Å². The smallest absolute Gasteiger partial charge is 0.119 e.